The van der Waals surface area contributed by atoms with Crippen LogP contribution in [0.2, 0.25) is 0 Å². The first-order valence-electron chi connectivity index (χ1n) is 7.46. The number of benzene rings is 3. The van der Waals surface area contributed by atoms with E-state index in [0.29, 0.717) is 6.61 Å². The van der Waals surface area contributed by atoms with E-state index in [9.17, 15) is 0 Å². The molecule has 0 atom stereocenters. The number of nitrogens with one attached hydrogen (secondary N) is 1. The maximum Gasteiger partial charge on any atom is 0.142 e. The van der Waals surface area contributed by atoms with E-state index in [1.165, 1.54) is 10.8 Å². The zero-order valence-corrected chi connectivity index (χ0v) is 12.3. The molecule has 0 aromatic heterocycles. The van der Waals surface area contributed by atoms with Crippen molar-refractivity contribution < 1.29 is 4.74 Å². The van der Waals surface area contributed by atoms with E-state index in [-0.39, 0.29) is 0 Å². The molecule has 3 aromatic carbocycles. The summed E-state index contributed by atoms with van der Waals surface area (Å²) in [5.74, 6) is 1.68. The summed E-state index contributed by atoms with van der Waals surface area (Å²) < 4.78 is 5.73. The summed E-state index contributed by atoms with van der Waals surface area (Å²) in [7, 11) is 0. The average Bonchev–Trinajstić information content (AvgIpc) is 2.56. The number of ether oxygens (including phenoxy) is 1. The van der Waals surface area contributed by atoms with E-state index in [2.05, 4.69) is 35.6 Å². The molecule has 108 valence electrons. The number of anilines is 1. The second-order valence-corrected chi connectivity index (χ2v) is 5.20. The number of nitrogens with zero attached hydrogens (tertiary/aromatic N) is 1. The molecule has 0 amide bonds. The summed E-state index contributed by atoms with van der Waals surface area (Å²) in [6.45, 7) is 2.62. The van der Waals surface area contributed by atoms with Crippen LogP contribution in [0, 0.1) is 0 Å². The molecule has 0 saturated carbocycles. The number of aliphatic imine (C=N–C) groups is 1. The van der Waals surface area contributed by atoms with Gasteiger partial charge in [0.25, 0.3) is 0 Å². The molecule has 3 aromatic rings. The molecule has 0 unspecified atom stereocenters. The normalized spacial score (nSPS) is 12.7. The molecule has 0 fully saturated rings. The number of rotatable bonds is 3. The molecule has 0 radical (unpaired) electrons. The zero-order chi connectivity index (χ0) is 14.9. The minimum atomic E-state index is 0.635. The van der Waals surface area contributed by atoms with Crippen LogP contribution in [0.25, 0.3) is 10.8 Å². The van der Waals surface area contributed by atoms with Crippen molar-refractivity contribution in [2.45, 2.75) is 6.92 Å². The Morgan fingerprint density at radius 3 is 2.64 bits per heavy atom. The highest BCUT2D eigenvalue weighted by Gasteiger charge is 2.17. The molecule has 4 rings (SSSR count). The first kappa shape index (κ1) is 12.9. The monoisotopic (exact) mass is 288 g/mol. The minimum absolute atomic E-state index is 0.635. The first-order valence-corrected chi connectivity index (χ1v) is 7.46. The summed E-state index contributed by atoms with van der Waals surface area (Å²) in [4.78, 5) is 4.80. The van der Waals surface area contributed by atoms with Crippen LogP contribution in [0.5, 0.6) is 5.75 Å². The lowest BCUT2D eigenvalue weighted by Gasteiger charge is -2.20. The molecular formula is C19H16N2O. The Hall–Kier alpha value is -2.81. The molecule has 1 heterocycles. The quantitative estimate of drug-likeness (QED) is 0.755. The van der Waals surface area contributed by atoms with Crippen LogP contribution >= 0.6 is 0 Å². The van der Waals surface area contributed by atoms with Crippen molar-refractivity contribution >= 4 is 28.0 Å². The SMILES string of the molecule is CCOc1ccccc1C1=Nc2cccc3cccc(c23)N1. The zero-order valence-electron chi connectivity index (χ0n) is 12.3. The van der Waals surface area contributed by atoms with Crippen LogP contribution in [0.3, 0.4) is 0 Å². The van der Waals surface area contributed by atoms with Gasteiger partial charge in [-0.25, -0.2) is 4.99 Å². The molecule has 1 aliphatic heterocycles. The highest BCUT2D eigenvalue weighted by molar-refractivity contribution is 6.19. The van der Waals surface area contributed by atoms with Crippen molar-refractivity contribution in [2.75, 3.05) is 11.9 Å². The molecule has 0 bridgehead atoms. The van der Waals surface area contributed by atoms with Crippen molar-refractivity contribution in [2.24, 2.45) is 4.99 Å². The van der Waals surface area contributed by atoms with Gasteiger partial charge in [-0.15, -0.1) is 0 Å². The molecule has 1 aliphatic rings. The summed E-state index contributed by atoms with van der Waals surface area (Å²) >= 11 is 0. The van der Waals surface area contributed by atoms with Crippen molar-refractivity contribution in [3.05, 3.63) is 66.2 Å². The van der Waals surface area contributed by atoms with Gasteiger partial charge in [0.15, 0.2) is 0 Å². The lowest BCUT2D eigenvalue weighted by molar-refractivity contribution is 0.339. The van der Waals surface area contributed by atoms with Crippen LogP contribution in [-0.4, -0.2) is 12.4 Å². The largest absolute Gasteiger partial charge is 0.493 e. The van der Waals surface area contributed by atoms with E-state index in [1.807, 2.05) is 37.3 Å². The van der Waals surface area contributed by atoms with Crippen LogP contribution in [0.4, 0.5) is 11.4 Å². The van der Waals surface area contributed by atoms with Gasteiger partial charge < -0.3 is 10.1 Å². The van der Waals surface area contributed by atoms with Crippen LogP contribution in [0.15, 0.2) is 65.7 Å². The third kappa shape index (κ3) is 2.02. The maximum absolute atomic E-state index is 5.73. The second-order valence-electron chi connectivity index (χ2n) is 5.20. The van der Waals surface area contributed by atoms with Crippen LogP contribution in [-0.2, 0) is 0 Å². The lowest BCUT2D eigenvalue weighted by atomic mass is 10.0. The molecule has 0 spiro atoms. The van der Waals surface area contributed by atoms with E-state index >= 15 is 0 Å². The van der Waals surface area contributed by atoms with Gasteiger partial charge in [0.05, 0.1) is 17.9 Å². The number of para-hydroxylation sites is 1. The van der Waals surface area contributed by atoms with E-state index in [0.717, 1.165) is 28.5 Å². The van der Waals surface area contributed by atoms with E-state index < -0.39 is 0 Å². The average molecular weight is 288 g/mol. The third-order valence-corrected chi connectivity index (χ3v) is 3.81. The standard InChI is InChI=1S/C19H16N2O/c1-2-22-17-12-4-3-9-14(17)19-20-15-10-5-7-13-8-6-11-16(21-19)18(13)15/h3-12H,2H2,1H3,(H,20,21). The van der Waals surface area contributed by atoms with Gasteiger partial charge in [0.1, 0.15) is 11.6 Å². The predicted octanol–water partition coefficient (Wildman–Crippen LogP) is 4.74. The topological polar surface area (TPSA) is 33.6 Å². The fourth-order valence-electron chi connectivity index (χ4n) is 2.87. The summed E-state index contributed by atoms with van der Waals surface area (Å²) in [5.41, 5.74) is 3.06. The number of amidine groups is 1. The molecule has 0 aliphatic carbocycles. The Kier molecular flexibility index (Phi) is 3.04. The molecule has 3 nitrogen and oxygen atoms in total. The Labute approximate surface area is 129 Å². The van der Waals surface area contributed by atoms with Gasteiger partial charge >= 0.3 is 0 Å². The smallest absolute Gasteiger partial charge is 0.142 e. The third-order valence-electron chi connectivity index (χ3n) is 3.81. The van der Waals surface area contributed by atoms with Gasteiger partial charge in [0.2, 0.25) is 0 Å². The fourth-order valence-corrected chi connectivity index (χ4v) is 2.87. The Morgan fingerprint density at radius 1 is 0.955 bits per heavy atom. The van der Waals surface area contributed by atoms with Gasteiger partial charge in [-0.3, -0.25) is 0 Å². The number of hydrogen-bond donors (Lipinski definition) is 1. The molecule has 3 heteroatoms. The van der Waals surface area contributed by atoms with E-state index in [1.54, 1.807) is 0 Å². The highest BCUT2D eigenvalue weighted by atomic mass is 16.5. The van der Waals surface area contributed by atoms with Crippen molar-refractivity contribution in [1.29, 1.82) is 0 Å². The molecule has 0 saturated heterocycles. The Balaban J connectivity index is 1.89. The van der Waals surface area contributed by atoms with Crippen molar-refractivity contribution in [1.82, 2.24) is 0 Å². The van der Waals surface area contributed by atoms with Crippen molar-refractivity contribution in [3.8, 4) is 5.75 Å². The van der Waals surface area contributed by atoms with E-state index in [4.69, 9.17) is 9.73 Å². The number of hydrogen-bond acceptors (Lipinski definition) is 3. The Bertz CT molecular complexity index is 878. The van der Waals surface area contributed by atoms with Gasteiger partial charge in [-0.1, -0.05) is 36.4 Å². The van der Waals surface area contributed by atoms with Crippen molar-refractivity contribution in [3.63, 3.8) is 0 Å². The second kappa shape index (κ2) is 5.19. The van der Waals surface area contributed by atoms with Gasteiger partial charge in [-0.05, 0) is 36.6 Å². The molecular weight excluding hydrogens is 272 g/mol. The lowest BCUT2D eigenvalue weighted by Crippen LogP contribution is -2.17. The maximum atomic E-state index is 5.73. The summed E-state index contributed by atoms with van der Waals surface area (Å²) in [6, 6.07) is 20.5. The summed E-state index contributed by atoms with van der Waals surface area (Å²) in [6.07, 6.45) is 0. The predicted molar refractivity (Wildman–Crippen MR) is 91.4 cm³/mol. The molecule has 1 N–H and O–H groups in total. The summed E-state index contributed by atoms with van der Waals surface area (Å²) in [5, 5.41) is 5.81. The highest BCUT2D eigenvalue weighted by Crippen LogP contribution is 2.37. The van der Waals surface area contributed by atoms with Gasteiger partial charge in [0, 0.05) is 11.1 Å². The van der Waals surface area contributed by atoms with Gasteiger partial charge in [-0.2, -0.15) is 0 Å². The van der Waals surface area contributed by atoms with Crippen LogP contribution in [0.1, 0.15) is 12.5 Å². The molecule has 22 heavy (non-hydrogen) atoms. The Morgan fingerprint density at radius 2 is 1.77 bits per heavy atom. The first-order chi connectivity index (χ1) is 10.9. The minimum Gasteiger partial charge on any atom is -0.493 e. The fraction of sp³-hybridized carbons (Fsp3) is 0.105. The van der Waals surface area contributed by atoms with Crippen LogP contribution < -0.4 is 10.1 Å².